The molecule has 1 atom stereocenters. The zero-order valence-corrected chi connectivity index (χ0v) is 16.2. The quantitative estimate of drug-likeness (QED) is 0.509. The second-order valence-corrected chi connectivity index (χ2v) is 6.44. The zero-order chi connectivity index (χ0) is 21.1. The smallest absolute Gasteiger partial charge is 0.295 e. The number of amides is 1. The van der Waals surface area contributed by atoms with Gasteiger partial charge in [0.1, 0.15) is 11.4 Å². The van der Waals surface area contributed by atoms with Gasteiger partial charge in [0.25, 0.3) is 17.2 Å². The molecule has 0 saturated carbocycles. The van der Waals surface area contributed by atoms with Gasteiger partial charge < -0.3 is 10.1 Å². The van der Waals surface area contributed by atoms with E-state index in [4.69, 9.17) is 4.74 Å². The van der Waals surface area contributed by atoms with Crippen LogP contribution in [0.25, 0.3) is 5.69 Å². The highest BCUT2D eigenvalue weighted by Crippen LogP contribution is 2.19. The molecule has 9 heteroatoms. The summed E-state index contributed by atoms with van der Waals surface area (Å²) in [6, 6.07) is 14.5. The Morgan fingerprint density at radius 3 is 2.34 bits per heavy atom. The van der Waals surface area contributed by atoms with Crippen LogP contribution >= 0.6 is 0 Å². The van der Waals surface area contributed by atoms with Crippen molar-refractivity contribution in [2.24, 2.45) is 7.05 Å². The number of rotatable bonds is 6. The van der Waals surface area contributed by atoms with E-state index in [-0.39, 0.29) is 16.9 Å². The first-order chi connectivity index (χ1) is 13.8. The van der Waals surface area contributed by atoms with Crippen LogP contribution in [-0.2, 0) is 11.8 Å². The second kappa shape index (κ2) is 8.01. The number of carbonyl (C=O) groups excluding carboxylic acids is 1. The number of carbonyl (C=O) groups is 1. The summed E-state index contributed by atoms with van der Waals surface area (Å²) in [5.41, 5.74) is 1.01. The lowest BCUT2D eigenvalue weighted by molar-refractivity contribution is -0.384. The second-order valence-electron chi connectivity index (χ2n) is 6.44. The average Bonchev–Trinajstić information content (AvgIpc) is 2.92. The van der Waals surface area contributed by atoms with Crippen LogP contribution in [0.2, 0.25) is 0 Å². The van der Waals surface area contributed by atoms with E-state index >= 15 is 0 Å². The monoisotopic (exact) mass is 396 g/mol. The highest BCUT2D eigenvalue weighted by atomic mass is 16.6. The Kier molecular flexibility index (Phi) is 5.49. The van der Waals surface area contributed by atoms with Crippen LogP contribution in [0.4, 0.5) is 11.4 Å². The van der Waals surface area contributed by atoms with Crippen molar-refractivity contribution in [3.05, 3.63) is 80.8 Å². The summed E-state index contributed by atoms with van der Waals surface area (Å²) in [4.78, 5) is 35.6. The summed E-state index contributed by atoms with van der Waals surface area (Å²) in [6.45, 7) is 3.27. The van der Waals surface area contributed by atoms with E-state index in [9.17, 15) is 19.7 Å². The number of hydrogen-bond acceptors (Lipinski definition) is 5. The molecule has 0 unspecified atom stereocenters. The molecule has 9 nitrogen and oxygen atoms in total. The number of nitro groups is 1. The number of nitro benzene ring substituents is 1. The lowest BCUT2D eigenvalue weighted by Crippen LogP contribution is -2.32. The Balaban J connectivity index is 1.78. The van der Waals surface area contributed by atoms with Gasteiger partial charge >= 0.3 is 0 Å². The van der Waals surface area contributed by atoms with Crippen LogP contribution in [0.15, 0.2) is 59.4 Å². The summed E-state index contributed by atoms with van der Waals surface area (Å²) in [6.07, 6.45) is -0.916. The van der Waals surface area contributed by atoms with E-state index in [2.05, 4.69) is 5.32 Å². The van der Waals surface area contributed by atoms with Gasteiger partial charge in [-0.1, -0.05) is 18.2 Å². The van der Waals surface area contributed by atoms with Gasteiger partial charge in [0, 0.05) is 19.2 Å². The number of benzene rings is 2. The van der Waals surface area contributed by atoms with Crippen molar-refractivity contribution in [3.8, 4) is 11.4 Å². The van der Waals surface area contributed by atoms with Gasteiger partial charge in [0.05, 0.1) is 16.3 Å². The molecule has 3 aromatic rings. The normalized spacial score (nSPS) is 11.7. The average molecular weight is 396 g/mol. The van der Waals surface area contributed by atoms with Gasteiger partial charge in [-0.25, -0.2) is 4.68 Å². The molecule has 150 valence electrons. The van der Waals surface area contributed by atoms with Gasteiger partial charge in [-0.15, -0.1) is 0 Å². The van der Waals surface area contributed by atoms with Gasteiger partial charge in [0.15, 0.2) is 6.10 Å². The molecule has 0 fully saturated rings. The Bertz CT molecular complexity index is 1100. The summed E-state index contributed by atoms with van der Waals surface area (Å²) < 4.78 is 8.66. The van der Waals surface area contributed by atoms with Crippen molar-refractivity contribution in [2.45, 2.75) is 20.0 Å². The van der Waals surface area contributed by atoms with E-state index < -0.39 is 16.9 Å². The van der Waals surface area contributed by atoms with Crippen LogP contribution in [0, 0.1) is 17.0 Å². The summed E-state index contributed by atoms with van der Waals surface area (Å²) in [5.74, 6) is -0.195. The van der Waals surface area contributed by atoms with Crippen LogP contribution in [0.5, 0.6) is 5.75 Å². The van der Waals surface area contributed by atoms with Gasteiger partial charge in [-0.05, 0) is 38.1 Å². The van der Waals surface area contributed by atoms with Crippen molar-refractivity contribution in [1.29, 1.82) is 0 Å². The van der Waals surface area contributed by atoms with Gasteiger partial charge in [-0.3, -0.25) is 24.4 Å². The Morgan fingerprint density at radius 1 is 1.14 bits per heavy atom. The van der Waals surface area contributed by atoms with Crippen LogP contribution in [0.3, 0.4) is 0 Å². The molecule has 2 aromatic carbocycles. The van der Waals surface area contributed by atoms with Crippen LogP contribution in [0.1, 0.15) is 12.6 Å². The molecule has 0 aliphatic heterocycles. The number of para-hydroxylation sites is 1. The molecule has 3 rings (SSSR count). The van der Waals surface area contributed by atoms with Gasteiger partial charge in [0.2, 0.25) is 0 Å². The first-order valence-corrected chi connectivity index (χ1v) is 8.85. The number of nitrogens with one attached hydrogen (secondary N) is 1. The molecular weight excluding hydrogens is 376 g/mol. The highest BCUT2D eigenvalue weighted by Gasteiger charge is 2.22. The molecule has 0 radical (unpaired) electrons. The molecule has 1 heterocycles. The molecule has 29 heavy (non-hydrogen) atoms. The lowest BCUT2D eigenvalue weighted by atomic mass is 10.3. The van der Waals surface area contributed by atoms with Gasteiger partial charge in [-0.2, -0.15) is 0 Å². The predicted octanol–water partition coefficient (Wildman–Crippen LogP) is 2.80. The lowest BCUT2D eigenvalue weighted by Gasteiger charge is -2.14. The van der Waals surface area contributed by atoms with E-state index in [1.54, 1.807) is 30.8 Å². The molecule has 0 aliphatic rings. The standard InChI is InChI=1S/C20H20N4O5/c1-13-18(20(26)23(22(13)3)15-7-5-4-6-8-15)21-19(25)14(2)29-17-11-9-16(10-12-17)24(27)28/h4-12,14H,1-3H3,(H,21,25)/t14-/m1/s1. The third-order valence-corrected chi connectivity index (χ3v) is 4.53. The topological polar surface area (TPSA) is 108 Å². The number of nitrogens with zero attached hydrogens (tertiary/aromatic N) is 3. The largest absolute Gasteiger partial charge is 0.481 e. The molecule has 1 N–H and O–H groups in total. The Labute approximate surface area is 166 Å². The van der Waals surface area contributed by atoms with Crippen molar-refractivity contribution in [1.82, 2.24) is 9.36 Å². The van der Waals surface area contributed by atoms with E-state index in [1.165, 1.54) is 35.9 Å². The molecule has 0 aliphatic carbocycles. The summed E-state index contributed by atoms with van der Waals surface area (Å²) in [7, 11) is 1.73. The fourth-order valence-corrected chi connectivity index (χ4v) is 2.84. The van der Waals surface area contributed by atoms with Crippen LogP contribution in [-0.4, -0.2) is 26.3 Å². The molecule has 0 bridgehead atoms. The number of hydrogen-bond donors (Lipinski definition) is 1. The summed E-state index contributed by atoms with van der Waals surface area (Å²) in [5, 5.41) is 13.3. The minimum absolute atomic E-state index is 0.0733. The van der Waals surface area contributed by atoms with E-state index in [1.807, 2.05) is 18.2 Å². The fourth-order valence-electron chi connectivity index (χ4n) is 2.84. The zero-order valence-electron chi connectivity index (χ0n) is 16.2. The summed E-state index contributed by atoms with van der Waals surface area (Å²) >= 11 is 0. The maximum Gasteiger partial charge on any atom is 0.295 e. The molecule has 0 spiro atoms. The molecule has 1 amide bonds. The minimum atomic E-state index is -0.916. The van der Waals surface area contributed by atoms with E-state index in [0.717, 1.165) is 0 Å². The van der Waals surface area contributed by atoms with Crippen molar-refractivity contribution in [3.63, 3.8) is 0 Å². The number of ether oxygens (including phenoxy) is 1. The number of non-ortho nitro benzene ring substituents is 1. The maximum atomic E-state index is 12.9. The van der Waals surface area contributed by atoms with Crippen molar-refractivity contribution in [2.75, 3.05) is 5.32 Å². The SMILES string of the molecule is Cc1c(NC(=O)[C@@H](C)Oc2ccc([N+](=O)[O-])cc2)c(=O)n(-c2ccccc2)n1C. The third kappa shape index (κ3) is 4.03. The molecular formula is C20H20N4O5. The van der Waals surface area contributed by atoms with E-state index in [0.29, 0.717) is 17.1 Å². The molecule has 1 aromatic heterocycles. The number of anilines is 1. The predicted molar refractivity (Wildman–Crippen MR) is 108 cm³/mol. The number of aromatic nitrogens is 2. The Hall–Kier alpha value is -3.88. The van der Waals surface area contributed by atoms with Crippen molar-refractivity contribution >= 4 is 17.3 Å². The van der Waals surface area contributed by atoms with Crippen LogP contribution < -0.4 is 15.6 Å². The first kappa shape index (κ1) is 19.9. The highest BCUT2D eigenvalue weighted by molar-refractivity contribution is 5.94. The first-order valence-electron chi connectivity index (χ1n) is 8.85. The minimum Gasteiger partial charge on any atom is -0.481 e. The molecule has 0 saturated heterocycles. The van der Waals surface area contributed by atoms with Crippen molar-refractivity contribution < 1.29 is 14.5 Å². The fraction of sp³-hybridized carbons (Fsp3) is 0.200. The third-order valence-electron chi connectivity index (χ3n) is 4.53. The maximum absolute atomic E-state index is 12.9. The Morgan fingerprint density at radius 2 is 1.76 bits per heavy atom.